The maximum atomic E-state index is 13.8. The minimum Gasteiger partial charge on any atom is -0.311 e. The summed E-state index contributed by atoms with van der Waals surface area (Å²) in [7, 11) is -0.524. The molecule has 5 heteroatoms. The second-order valence-corrected chi connectivity index (χ2v) is 9.98. The van der Waals surface area contributed by atoms with Gasteiger partial charge in [-0.3, -0.25) is 9.46 Å². The van der Waals surface area contributed by atoms with E-state index in [0.717, 1.165) is 27.8 Å². The lowest BCUT2D eigenvalue weighted by molar-refractivity contribution is 0.195. The van der Waals surface area contributed by atoms with Crippen LogP contribution in [0.3, 0.4) is 0 Å². The molecule has 0 fully saturated rings. The molecule has 1 aliphatic rings. The zero-order chi connectivity index (χ0) is 22.4. The van der Waals surface area contributed by atoms with Gasteiger partial charge in [0.15, 0.2) is 0 Å². The van der Waals surface area contributed by atoms with E-state index in [9.17, 15) is 4.57 Å². The van der Waals surface area contributed by atoms with Gasteiger partial charge in [-0.1, -0.05) is 103 Å². The van der Waals surface area contributed by atoms with Gasteiger partial charge in [0.25, 0.3) is 0 Å². The number of fused-ring (bicyclic) bond motifs is 1. The van der Waals surface area contributed by atoms with Crippen molar-refractivity contribution in [1.29, 1.82) is 0 Å². The minimum atomic E-state index is -3.44. The molecule has 0 bridgehead atoms. The fraction of sp³-hybridized carbons (Fsp3) is 0.185. The van der Waals surface area contributed by atoms with E-state index >= 15 is 0 Å². The van der Waals surface area contributed by atoms with Gasteiger partial charge in [0.05, 0.1) is 0 Å². The maximum absolute atomic E-state index is 13.8. The first-order valence-corrected chi connectivity index (χ1v) is 12.3. The van der Waals surface area contributed by atoms with Gasteiger partial charge in [-0.2, -0.15) is 0 Å². The van der Waals surface area contributed by atoms with Gasteiger partial charge in [-0.15, -0.1) is 0 Å². The molecule has 1 atom stereocenters. The van der Waals surface area contributed by atoms with Crippen molar-refractivity contribution in [2.75, 3.05) is 20.8 Å². The monoisotopic (exact) mass is 445 g/mol. The Balaban J connectivity index is 1.80. The number of hydrogen-bond donors (Lipinski definition) is 0. The van der Waals surface area contributed by atoms with Crippen molar-refractivity contribution in [1.82, 2.24) is 4.90 Å². The number of nitrogens with zero attached hydrogens (tertiary/aromatic N) is 1. The Labute approximate surface area is 190 Å². The summed E-state index contributed by atoms with van der Waals surface area (Å²) in [5, 5.41) is 0. The SMILES string of the molecule is COP(=O)(OC)C1c2ccccc2C(/C=C/c2ccccc2)=CCN1Cc1ccccc1. The van der Waals surface area contributed by atoms with Crippen LogP contribution in [0.15, 0.2) is 97.1 Å². The molecule has 4 rings (SSSR count). The first-order valence-electron chi connectivity index (χ1n) is 10.7. The highest BCUT2D eigenvalue weighted by atomic mass is 31.2. The normalized spacial score (nSPS) is 17.1. The Morgan fingerprint density at radius 2 is 1.50 bits per heavy atom. The summed E-state index contributed by atoms with van der Waals surface area (Å²) in [6.45, 7) is 1.24. The van der Waals surface area contributed by atoms with Gasteiger partial charge in [0.2, 0.25) is 0 Å². The van der Waals surface area contributed by atoms with Crippen molar-refractivity contribution in [3.63, 3.8) is 0 Å². The maximum Gasteiger partial charge on any atom is 0.351 e. The smallest absolute Gasteiger partial charge is 0.311 e. The fourth-order valence-corrected chi connectivity index (χ4v) is 5.82. The Morgan fingerprint density at radius 1 is 0.875 bits per heavy atom. The molecule has 0 amide bonds. The highest BCUT2D eigenvalue weighted by Gasteiger charge is 2.42. The van der Waals surface area contributed by atoms with Gasteiger partial charge < -0.3 is 9.05 Å². The van der Waals surface area contributed by atoms with Gasteiger partial charge in [0, 0.05) is 27.3 Å². The summed E-state index contributed by atoms with van der Waals surface area (Å²) in [6, 6.07) is 28.5. The van der Waals surface area contributed by atoms with Crippen LogP contribution in [0.25, 0.3) is 11.6 Å². The molecule has 32 heavy (non-hydrogen) atoms. The van der Waals surface area contributed by atoms with E-state index in [4.69, 9.17) is 9.05 Å². The highest BCUT2D eigenvalue weighted by Crippen LogP contribution is 2.62. The van der Waals surface area contributed by atoms with Crippen LogP contribution >= 0.6 is 7.60 Å². The molecule has 164 valence electrons. The van der Waals surface area contributed by atoms with Crippen LogP contribution in [-0.2, 0) is 20.2 Å². The van der Waals surface area contributed by atoms with Crippen molar-refractivity contribution in [3.8, 4) is 0 Å². The van der Waals surface area contributed by atoms with Gasteiger partial charge in [-0.25, -0.2) is 0 Å². The van der Waals surface area contributed by atoms with E-state index in [1.54, 1.807) is 0 Å². The molecular weight excluding hydrogens is 417 g/mol. The largest absolute Gasteiger partial charge is 0.351 e. The molecule has 4 nitrogen and oxygen atoms in total. The van der Waals surface area contributed by atoms with Crippen LogP contribution in [0.4, 0.5) is 0 Å². The molecule has 3 aromatic carbocycles. The summed E-state index contributed by atoms with van der Waals surface area (Å²) >= 11 is 0. The van der Waals surface area contributed by atoms with Crippen molar-refractivity contribution in [3.05, 3.63) is 119 Å². The van der Waals surface area contributed by atoms with Crippen molar-refractivity contribution in [2.45, 2.75) is 12.3 Å². The lowest BCUT2D eigenvalue weighted by atomic mass is 9.99. The van der Waals surface area contributed by atoms with Crippen LogP contribution in [0, 0.1) is 0 Å². The first-order chi connectivity index (χ1) is 15.6. The third-order valence-electron chi connectivity index (χ3n) is 5.73. The third kappa shape index (κ3) is 4.85. The number of rotatable bonds is 7. The standard InChI is InChI=1S/C27H28NO3P/c1-30-32(29,31-2)27-26-16-10-9-15-25(26)24(18-17-22-11-5-3-6-12-22)19-20-28(27)21-23-13-7-4-8-14-23/h3-19,27H,20-21H2,1-2H3/b18-17+. The number of hydrogen-bond acceptors (Lipinski definition) is 4. The van der Waals surface area contributed by atoms with Crippen LogP contribution in [0.1, 0.15) is 28.0 Å². The molecule has 0 radical (unpaired) electrons. The summed E-state index contributed by atoms with van der Waals surface area (Å²) < 4.78 is 24.8. The Morgan fingerprint density at radius 3 is 2.19 bits per heavy atom. The average Bonchev–Trinajstić information content (AvgIpc) is 3.00. The first kappa shape index (κ1) is 22.4. The molecule has 0 saturated carbocycles. The molecule has 1 unspecified atom stereocenters. The van der Waals surface area contributed by atoms with E-state index in [0.29, 0.717) is 13.1 Å². The second-order valence-electron chi connectivity index (χ2n) is 7.68. The van der Waals surface area contributed by atoms with Crippen LogP contribution < -0.4 is 0 Å². The van der Waals surface area contributed by atoms with Crippen molar-refractivity contribution in [2.24, 2.45) is 0 Å². The zero-order valence-electron chi connectivity index (χ0n) is 18.4. The van der Waals surface area contributed by atoms with Gasteiger partial charge in [-0.05, 0) is 27.8 Å². The Bertz CT molecular complexity index is 1130. The quantitative estimate of drug-likeness (QED) is 0.376. The van der Waals surface area contributed by atoms with Gasteiger partial charge in [0.1, 0.15) is 5.78 Å². The summed E-state index contributed by atoms with van der Waals surface area (Å²) in [5.74, 6) is -0.521. The predicted molar refractivity (Wildman–Crippen MR) is 131 cm³/mol. The molecule has 0 saturated heterocycles. The average molecular weight is 445 g/mol. The van der Waals surface area contributed by atoms with Crippen molar-refractivity contribution >= 4 is 19.2 Å². The topological polar surface area (TPSA) is 38.8 Å². The van der Waals surface area contributed by atoms with Crippen LogP contribution in [0.2, 0.25) is 0 Å². The van der Waals surface area contributed by atoms with E-state index in [-0.39, 0.29) is 0 Å². The Hall–Kier alpha value is -2.75. The molecule has 0 aromatic heterocycles. The zero-order valence-corrected chi connectivity index (χ0v) is 19.3. The lowest BCUT2D eigenvalue weighted by Crippen LogP contribution is -2.29. The van der Waals surface area contributed by atoms with Gasteiger partial charge >= 0.3 is 7.60 Å². The number of allylic oxidation sites excluding steroid dienone is 2. The highest BCUT2D eigenvalue weighted by molar-refractivity contribution is 7.54. The summed E-state index contributed by atoms with van der Waals surface area (Å²) in [5.41, 5.74) is 5.34. The predicted octanol–water partition coefficient (Wildman–Crippen LogP) is 6.78. The molecular formula is C27H28NO3P. The lowest BCUT2D eigenvalue weighted by Gasteiger charge is -2.34. The van der Waals surface area contributed by atoms with Crippen LogP contribution in [-0.4, -0.2) is 25.7 Å². The minimum absolute atomic E-state index is 0.521. The third-order valence-corrected chi connectivity index (χ3v) is 7.96. The summed E-state index contributed by atoms with van der Waals surface area (Å²) in [6.07, 6.45) is 6.43. The van der Waals surface area contributed by atoms with E-state index in [2.05, 4.69) is 53.5 Å². The van der Waals surface area contributed by atoms with E-state index < -0.39 is 13.4 Å². The van der Waals surface area contributed by atoms with Crippen molar-refractivity contribution < 1.29 is 13.6 Å². The molecule has 0 aliphatic carbocycles. The molecule has 1 heterocycles. The molecule has 0 spiro atoms. The van der Waals surface area contributed by atoms with E-state index in [1.807, 2.05) is 54.6 Å². The molecule has 1 aliphatic heterocycles. The second kappa shape index (κ2) is 10.2. The van der Waals surface area contributed by atoms with E-state index in [1.165, 1.54) is 14.2 Å². The fourth-order valence-electron chi connectivity index (χ4n) is 4.13. The van der Waals surface area contributed by atoms with Crippen LogP contribution in [0.5, 0.6) is 0 Å². The molecule has 0 N–H and O–H groups in total. The molecule has 3 aromatic rings. The Kier molecular flexibility index (Phi) is 7.19. The summed E-state index contributed by atoms with van der Waals surface area (Å²) in [4.78, 5) is 2.17. The number of benzene rings is 3.